The molecule has 0 N–H and O–H groups in total. The Labute approximate surface area is 135 Å². The van der Waals surface area contributed by atoms with Gasteiger partial charge in [-0.3, -0.25) is 19.5 Å². The van der Waals surface area contributed by atoms with E-state index < -0.39 is 5.72 Å². The maximum Gasteiger partial charge on any atom is 0.231 e. The lowest BCUT2D eigenvalue weighted by atomic mass is 9.73. The molecule has 2 aliphatic heterocycles. The number of carbonyl (C=O) groups is 2. The van der Waals surface area contributed by atoms with Gasteiger partial charge in [-0.15, -0.1) is 0 Å². The smallest absolute Gasteiger partial charge is 0.231 e. The number of hydrogen-bond acceptors (Lipinski definition) is 4. The maximum absolute atomic E-state index is 12.6. The third-order valence-electron chi connectivity index (χ3n) is 5.18. The van der Waals surface area contributed by atoms with Gasteiger partial charge in [0.25, 0.3) is 0 Å². The van der Waals surface area contributed by atoms with Gasteiger partial charge >= 0.3 is 0 Å². The summed E-state index contributed by atoms with van der Waals surface area (Å²) in [7, 11) is 0. The van der Waals surface area contributed by atoms with Gasteiger partial charge in [0.15, 0.2) is 11.5 Å². The van der Waals surface area contributed by atoms with Gasteiger partial charge in [-0.05, 0) is 24.5 Å². The molecule has 120 valence electrons. The number of nitrogens with zero attached hydrogens (tertiary/aromatic N) is 2. The number of Topliss-reactive ketones (excluding diaryl/α,β-unsaturated/α-hetero) is 1. The summed E-state index contributed by atoms with van der Waals surface area (Å²) in [6, 6.07) is 3.65. The molecule has 5 nitrogen and oxygen atoms in total. The van der Waals surface area contributed by atoms with E-state index in [1.54, 1.807) is 23.4 Å². The first kappa shape index (κ1) is 14.4. The fourth-order valence-corrected chi connectivity index (χ4v) is 4.24. The third-order valence-corrected chi connectivity index (χ3v) is 5.18. The van der Waals surface area contributed by atoms with Crippen LogP contribution in [-0.4, -0.2) is 22.4 Å². The molecule has 0 aromatic carbocycles. The Balaban J connectivity index is 1.77. The minimum atomic E-state index is -0.819. The number of carbonyl (C=O) groups excluding carboxylic acids is 2. The molecule has 0 radical (unpaired) electrons. The molecule has 23 heavy (non-hydrogen) atoms. The number of amides is 1. The van der Waals surface area contributed by atoms with Crippen LogP contribution >= 0.6 is 0 Å². The van der Waals surface area contributed by atoms with E-state index in [1.807, 2.05) is 13.0 Å². The van der Waals surface area contributed by atoms with Crippen LogP contribution in [0.4, 0.5) is 5.69 Å². The van der Waals surface area contributed by atoms with E-state index in [2.05, 4.69) is 18.8 Å². The third kappa shape index (κ3) is 1.95. The van der Waals surface area contributed by atoms with Crippen LogP contribution in [0.3, 0.4) is 0 Å². The second-order valence-corrected chi connectivity index (χ2v) is 7.63. The SMILES string of the molecule is CC1(C)CC(=O)C2=C(C1)O[C@]1(C)[C@H]2CC(=O)N1c1cccnc1. The minimum Gasteiger partial charge on any atom is -0.471 e. The molecule has 1 amide bonds. The predicted octanol–water partition coefficient (Wildman–Crippen LogP) is 2.82. The molecule has 0 saturated carbocycles. The number of ketones is 1. The number of aromatic nitrogens is 1. The molecular formula is C18H20N2O3. The maximum atomic E-state index is 12.6. The number of allylic oxidation sites excluding steroid dienone is 1. The van der Waals surface area contributed by atoms with Crippen molar-refractivity contribution in [1.29, 1.82) is 0 Å². The van der Waals surface area contributed by atoms with E-state index in [1.165, 1.54) is 0 Å². The van der Waals surface area contributed by atoms with Gasteiger partial charge < -0.3 is 4.74 Å². The standard InChI is InChI=1S/C18H20N2O3/c1-17(2)8-13(21)16-12-7-15(22)20(11-5-4-6-19-10-11)18(12,3)23-14(16)9-17/h4-6,10,12H,7-9H2,1-3H3/t12-,18+/m0/s1. The van der Waals surface area contributed by atoms with Crippen molar-refractivity contribution < 1.29 is 14.3 Å². The first-order valence-electron chi connectivity index (χ1n) is 8.00. The average Bonchev–Trinajstić information content (AvgIpc) is 2.84. The van der Waals surface area contributed by atoms with Crippen molar-refractivity contribution in [3.05, 3.63) is 35.9 Å². The van der Waals surface area contributed by atoms with Crippen LogP contribution in [0.2, 0.25) is 0 Å². The van der Waals surface area contributed by atoms with Gasteiger partial charge in [0.2, 0.25) is 5.91 Å². The molecule has 1 aliphatic carbocycles. The monoisotopic (exact) mass is 312 g/mol. The average molecular weight is 312 g/mol. The molecule has 4 rings (SSSR count). The van der Waals surface area contributed by atoms with Crippen LogP contribution in [-0.2, 0) is 14.3 Å². The highest BCUT2D eigenvalue weighted by Crippen LogP contribution is 2.55. The molecule has 1 aromatic heterocycles. The van der Waals surface area contributed by atoms with Crippen molar-refractivity contribution in [2.75, 3.05) is 4.90 Å². The second-order valence-electron chi connectivity index (χ2n) is 7.63. The Morgan fingerprint density at radius 1 is 1.26 bits per heavy atom. The lowest BCUT2D eigenvalue weighted by Crippen LogP contribution is -2.47. The summed E-state index contributed by atoms with van der Waals surface area (Å²) in [6.07, 6.45) is 4.92. The van der Waals surface area contributed by atoms with Crippen molar-refractivity contribution in [2.45, 2.75) is 45.8 Å². The van der Waals surface area contributed by atoms with Gasteiger partial charge in [-0.25, -0.2) is 0 Å². The second kappa shape index (κ2) is 4.43. The molecule has 0 bridgehead atoms. The van der Waals surface area contributed by atoms with Crippen molar-refractivity contribution >= 4 is 17.4 Å². The predicted molar refractivity (Wildman–Crippen MR) is 84.4 cm³/mol. The van der Waals surface area contributed by atoms with Gasteiger partial charge in [0, 0.05) is 31.0 Å². The molecule has 1 aromatic rings. The van der Waals surface area contributed by atoms with E-state index in [0.29, 0.717) is 18.5 Å². The fourth-order valence-electron chi connectivity index (χ4n) is 4.24. The first-order valence-corrected chi connectivity index (χ1v) is 8.00. The highest BCUT2D eigenvalue weighted by atomic mass is 16.5. The van der Waals surface area contributed by atoms with Crippen molar-refractivity contribution in [1.82, 2.24) is 4.98 Å². The lowest BCUT2D eigenvalue weighted by Gasteiger charge is -2.35. The highest BCUT2D eigenvalue weighted by molar-refractivity contribution is 6.04. The van der Waals surface area contributed by atoms with Crippen LogP contribution in [0, 0.1) is 11.3 Å². The number of fused-ring (bicyclic) bond motifs is 2. The summed E-state index contributed by atoms with van der Waals surface area (Å²) in [4.78, 5) is 31.0. The van der Waals surface area contributed by atoms with E-state index in [0.717, 1.165) is 17.8 Å². The summed E-state index contributed by atoms with van der Waals surface area (Å²) in [5.41, 5.74) is 0.551. The fraction of sp³-hybridized carbons (Fsp3) is 0.500. The Bertz CT molecular complexity index is 738. The zero-order valence-corrected chi connectivity index (χ0v) is 13.6. The van der Waals surface area contributed by atoms with E-state index >= 15 is 0 Å². The lowest BCUT2D eigenvalue weighted by molar-refractivity contribution is -0.119. The zero-order valence-electron chi connectivity index (χ0n) is 13.6. The van der Waals surface area contributed by atoms with Crippen molar-refractivity contribution in [3.8, 4) is 0 Å². The molecule has 5 heteroatoms. The molecule has 1 fully saturated rings. The molecule has 0 unspecified atom stereocenters. The van der Waals surface area contributed by atoms with E-state index in [4.69, 9.17) is 4.74 Å². The van der Waals surface area contributed by atoms with E-state index in [9.17, 15) is 9.59 Å². The Kier molecular flexibility index (Phi) is 2.78. The Morgan fingerprint density at radius 3 is 2.74 bits per heavy atom. The number of hydrogen-bond donors (Lipinski definition) is 0. The largest absolute Gasteiger partial charge is 0.471 e. The summed E-state index contributed by atoms with van der Waals surface area (Å²) in [5.74, 6) is 0.703. The van der Waals surface area contributed by atoms with E-state index in [-0.39, 0.29) is 23.0 Å². The zero-order chi connectivity index (χ0) is 16.4. The molecule has 2 atom stereocenters. The van der Waals surface area contributed by atoms with Crippen LogP contribution in [0.5, 0.6) is 0 Å². The van der Waals surface area contributed by atoms with Crippen LogP contribution in [0.1, 0.15) is 40.0 Å². The molecule has 3 heterocycles. The number of ether oxygens (including phenoxy) is 1. The quantitative estimate of drug-likeness (QED) is 0.800. The van der Waals surface area contributed by atoms with Gasteiger partial charge in [0.1, 0.15) is 5.76 Å². The summed E-state index contributed by atoms with van der Waals surface area (Å²) in [6.45, 7) is 6.07. The van der Waals surface area contributed by atoms with Crippen molar-refractivity contribution in [2.24, 2.45) is 11.3 Å². The van der Waals surface area contributed by atoms with Gasteiger partial charge in [-0.1, -0.05) is 13.8 Å². The Morgan fingerprint density at radius 2 is 2.04 bits per heavy atom. The molecule has 3 aliphatic rings. The number of rotatable bonds is 1. The van der Waals surface area contributed by atoms with Crippen LogP contribution < -0.4 is 4.90 Å². The van der Waals surface area contributed by atoms with Gasteiger partial charge in [0.05, 0.1) is 17.8 Å². The Hall–Kier alpha value is -2.17. The minimum absolute atomic E-state index is 0.0188. The molecule has 0 spiro atoms. The van der Waals surface area contributed by atoms with Crippen LogP contribution in [0.25, 0.3) is 0 Å². The summed E-state index contributed by atoms with van der Waals surface area (Å²) in [5, 5.41) is 0. The molecular weight excluding hydrogens is 292 g/mol. The summed E-state index contributed by atoms with van der Waals surface area (Å²) < 4.78 is 6.26. The first-order chi connectivity index (χ1) is 10.8. The number of pyridine rings is 1. The van der Waals surface area contributed by atoms with Gasteiger partial charge in [-0.2, -0.15) is 0 Å². The highest BCUT2D eigenvalue weighted by Gasteiger charge is 2.61. The number of anilines is 1. The summed E-state index contributed by atoms with van der Waals surface area (Å²) >= 11 is 0. The van der Waals surface area contributed by atoms with Crippen LogP contribution in [0.15, 0.2) is 35.9 Å². The normalized spacial score (nSPS) is 32.0. The molecule has 1 saturated heterocycles. The topological polar surface area (TPSA) is 59.5 Å². The van der Waals surface area contributed by atoms with Crippen molar-refractivity contribution in [3.63, 3.8) is 0 Å².